The van der Waals surface area contributed by atoms with Crippen LogP contribution in [0.2, 0.25) is 0 Å². The van der Waals surface area contributed by atoms with Crippen molar-refractivity contribution in [1.29, 1.82) is 0 Å². The van der Waals surface area contributed by atoms with E-state index in [0.29, 0.717) is 30.0 Å². The molecule has 2 atom stereocenters. The Balaban J connectivity index is 1.72. The quantitative estimate of drug-likeness (QED) is 0.734. The van der Waals surface area contributed by atoms with Gasteiger partial charge in [-0.1, -0.05) is 5.16 Å². The SMILES string of the molecule is OCCc1noc(C2C3COCC32)n1. The maximum atomic E-state index is 8.70. The van der Waals surface area contributed by atoms with E-state index in [4.69, 9.17) is 14.4 Å². The van der Waals surface area contributed by atoms with Gasteiger partial charge >= 0.3 is 0 Å². The van der Waals surface area contributed by atoms with Gasteiger partial charge in [0.25, 0.3) is 0 Å². The number of fused-ring (bicyclic) bond motifs is 1. The van der Waals surface area contributed by atoms with Gasteiger partial charge in [-0.05, 0) is 11.8 Å². The average Bonchev–Trinajstić information content (AvgIpc) is 2.63. The lowest BCUT2D eigenvalue weighted by atomic mass is 10.3. The van der Waals surface area contributed by atoms with Crippen LogP contribution in [-0.4, -0.2) is 35.1 Å². The Hall–Kier alpha value is -0.940. The van der Waals surface area contributed by atoms with Gasteiger partial charge in [-0.2, -0.15) is 4.98 Å². The number of aliphatic hydroxyl groups is 1. The van der Waals surface area contributed by atoms with Crippen LogP contribution in [0.1, 0.15) is 17.6 Å². The number of hydrogen-bond acceptors (Lipinski definition) is 5. The molecule has 76 valence electrons. The summed E-state index contributed by atoms with van der Waals surface area (Å²) in [5.41, 5.74) is 0. The molecule has 1 N–H and O–H groups in total. The lowest BCUT2D eigenvalue weighted by molar-refractivity contribution is 0.155. The largest absolute Gasteiger partial charge is 0.396 e. The molecule has 0 amide bonds. The van der Waals surface area contributed by atoms with Crippen molar-refractivity contribution in [3.05, 3.63) is 11.7 Å². The van der Waals surface area contributed by atoms with Crippen molar-refractivity contribution < 1.29 is 14.4 Å². The van der Waals surface area contributed by atoms with Crippen LogP contribution in [0.25, 0.3) is 0 Å². The first-order chi connectivity index (χ1) is 6.90. The third-order valence-corrected chi connectivity index (χ3v) is 3.06. The summed E-state index contributed by atoms with van der Waals surface area (Å²) < 4.78 is 10.4. The van der Waals surface area contributed by atoms with Crippen LogP contribution in [0, 0.1) is 11.8 Å². The average molecular weight is 196 g/mol. The second-order valence-corrected chi connectivity index (χ2v) is 3.91. The lowest BCUT2D eigenvalue weighted by Gasteiger charge is -1.97. The van der Waals surface area contributed by atoms with Gasteiger partial charge in [0.2, 0.25) is 5.89 Å². The van der Waals surface area contributed by atoms with Crippen LogP contribution < -0.4 is 0 Å². The topological polar surface area (TPSA) is 68.4 Å². The zero-order chi connectivity index (χ0) is 9.54. The first-order valence-electron chi connectivity index (χ1n) is 4.91. The lowest BCUT2D eigenvalue weighted by Crippen LogP contribution is -1.98. The van der Waals surface area contributed by atoms with E-state index in [9.17, 15) is 0 Å². The highest BCUT2D eigenvalue weighted by Crippen LogP contribution is 2.56. The molecule has 14 heavy (non-hydrogen) atoms. The Labute approximate surface area is 81.1 Å². The molecule has 1 aromatic heterocycles. The standard InChI is InChI=1S/C9H12N2O3/c12-2-1-7-10-9(14-11-7)8-5-3-13-4-6(5)8/h5-6,8,12H,1-4H2. The molecular weight excluding hydrogens is 184 g/mol. The molecule has 2 fully saturated rings. The van der Waals surface area contributed by atoms with Gasteiger partial charge < -0.3 is 14.4 Å². The number of nitrogens with zero attached hydrogens (tertiary/aromatic N) is 2. The van der Waals surface area contributed by atoms with Gasteiger partial charge in [-0.3, -0.25) is 0 Å². The molecule has 0 aromatic carbocycles. The molecule has 0 spiro atoms. The van der Waals surface area contributed by atoms with Crippen LogP contribution in [0.5, 0.6) is 0 Å². The Morgan fingerprint density at radius 1 is 1.36 bits per heavy atom. The van der Waals surface area contributed by atoms with Crippen LogP contribution in [0.15, 0.2) is 4.52 Å². The molecule has 1 saturated carbocycles. The minimum Gasteiger partial charge on any atom is -0.396 e. The highest BCUT2D eigenvalue weighted by molar-refractivity contribution is 5.15. The maximum Gasteiger partial charge on any atom is 0.230 e. The van der Waals surface area contributed by atoms with E-state index in [1.54, 1.807) is 0 Å². The van der Waals surface area contributed by atoms with E-state index >= 15 is 0 Å². The minimum atomic E-state index is 0.0691. The predicted octanol–water partition coefficient (Wildman–Crippen LogP) is -0.0358. The summed E-state index contributed by atoms with van der Waals surface area (Å²) in [5.74, 6) is 2.94. The van der Waals surface area contributed by atoms with E-state index < -0.39 is 0 Å². The fraction of sp³-hybridized carbons (Fsp3) is 0.778. The van der Waals surface area contributed by atoms with Crippen molar-refractivity contribution in [1.82, 2.24) is 10.1 Å². The van der Waals surface area contributed by atoms with Crippen LogP contribution in [0.4, 0.5) is 0 Å². The molecule has 3 rings (SSSR count). The van der Waals surface area contributed by atoms with Gasteiger partial charge in [0.15, 0.2) is 5.82 Å². The molecule has 1 saturated heterocycles. The van der Waals surface area contributed by atoms with Crippen molar-refractivity contribution in [2.24, 2.45) is 11.8 Å². The molecule has 0 bridgehead atoms. The minimum absolute atomic E-state index is 0.0691. The summed E-state index contributed by atoms with van der Waals surface area (Å²) >= 11 is 0. The van der Waals surface area contributed by atoms with Crippen LogP contribution >= 0.6 is 0 Å². The van der Waals surface area contributed by atoms with Crippen molar-refractivity contribution in [3.63, 3.8) is 0 Å². The van der Waals surface area contributed by atoms with Gasteiger partial charge in [0.1, 0.15) is 0 Å². The van der Waals surface area contributed by atoms with Crippen molar-refractivity contribution in [3.8, 4) is 0 Å². The van der Waals surface area contributed by atoms with Crippen molar-refractivity contribution >= 4 is 0 Å². The second kappa shape index (κ2) is 3.03. The van der Waals surface area contributed by atoms with Crippen molar-refractivity contribution in [2.45, 2.75) is 12.3 Å². The molecular formula is C9H12N2O3. The second-order valence-electron chi connectivity index (χ2n) is 3.91. The molecule has 1 aliphatic carbocycles. The van der Waals surface area contributed by atoms with Gasteiger partial charge in [0.05, 0.1) is 19.8 Å². The molecule has 2 heterocycles. The van der Waals surface area contributed by atoms with E-state index in [1.807, 2.05) is 0 Å². The van der Waals surface area contributed by atoms with Gasteiger partial charge in [0, 0.05) is 12.3 Å². The Morgan fingerprint density at radius 3 is 2.86 bits per heavy atom. The molecule has 5 nitrogen and oxygen atoms in total. The third-order valence-electron chi connectivity index (χ3n) is 3.06. The first kappa shape index (κ1) is 8.38. The number of ether oxygens (including phenoxy) is 1. The molecule has 2 unspecified atom stereocenters. The van der Waals surface area contributed by atoms with E-state index in [2.05, 4.69) is 10.1 Å². The smallest absolute Gasteiger partial charge is 0.230 e. The summed E-state index contributed by atoms with van der Waals surface area (Å²) in [5, 5.41) is 12.5. The Morgan fingerprint density at radius 2 is 2.14 bits per heavy atom. The fourth-order valence-electron chi connectivity index (χ4n) is 2.21. The van der Waals surface area contributed by atoms with Crippen molar-refractivity contribution in [2.75, 3.05) is 19.8 Å². The number of aromatic nitrogens is 2. The molecule has 1 aromatic rings. The summed E-state index contributed by atoms with van der Waals surface area (Å²) in [4.78, 5) is 4.25. The van der Waals surface area contributed by atoms with E-state index in [0.717, 1.165) is 19.1 Å². The Kier molecular flexibility index (Phi) is 1.81. The van der Waals surface area contributed by atoms with Gasteiger partial charge in [-0.15, -0.1) is 0 Å². The summed E-state index contributed by atoms with van der Waals surface area (Å²) in [6, 6.07) is 0. The molecule has 2 aliphatic rings. The maximum absolute atomic E-state index is 8.70. The summed E-state index contributed by atoms with van der Waals surface area (Å²) in [6.45, 7) is 1.72. The first-order valence-corrected chi connectivity index (χ1v) is 4.91. The Bertz CT molecular complexity index is 329. The summed E-state index contributed by atoms with van der Waals surface area (Å²) in [7, 11) is 0. The molecule has 1 aliphatic heterocycles. The van der Waals surface area contributed by atoms with Gasteiger partial charge in [-0.25, -0.2) is 0 Å². The van der Waals surface area contributed by atoms with E-state index in [1.165, 1.54) is 0 Å². The zero-order valence-electron chi connectivity index (χ0n) is 7.72. The number of rotatable bonds is 3. The summed E-state index contributed by atoms with van der Waals surface area (Å²) in [6.07, 6.45) is 0.474. The molecule has 5 heteroatoms. The number of hydrogen-bond donors (Lipinski definition) is 1. The number of aliphatic hydroxyl groups excluding tert-OH is 1. The predicted molar refractivity (Wildman–Crippen MR) is 45.6 cm³/mol. The monoisotopic (exact) mass is 196 g/mol. The zero-order valence-corrected chi connectivity index (χ0v) is 7.72. The fourth-order valence-corrected chi connectivity index (χ4v) is 2.21. The van der Waals surface area contributed by atoms with Crippen LogP contribution in [0.3, 0.4) is 0 Å². The highest BCUT2D eigenvalue weighted by Gasteiger charge is 2.57. The third kappa shape index (κ3) is 1.16. The van der Waals surface area contributed by atoms with Crippen LogP contribution in [-0.2, 0) is 11.2 Å². The van der Waals surface area contributed by atoms with E-state index in [-0.39, 0.29) is 6.61 Å². The normalized spacial score (nSPS) is 34.5. The molecule has 0 radical (unpaired) electrons. The highest BCUT2D eigenvalue weighted by atomic mass is 16.5.